The van der Waals surface area contributed by atoms with Crippen molar-refractivity contribution in [2.45, 2.75) is 25.4 Å². The Hall–Kier alpha value is -1.69. The number of carbonyl (C=O) groups is 1. The first-order valence-electron chi connectivity index (χ1n) is 6.06. The van der Waals surface area contributed by atoms with Gasteiger partial charge in [-0.15, -0.1) is 0 Å². The number of rotatable bonds is 1. The fourth-order valence-corrected chi connectivity index (χ4v) is 2.09. The molecule has 0 aliphatic carbocycles. The number of piperidine rings is 1. The number of carbonyl (C=O) groups excluding carboxylic acids is 1. The summed E-state index contributed by atoms with van der Waals surface area (Å²) in [5, 5.41) is 9.80. The third-order valence-corrected chi connectivity index (χ3v) is 3.44. The summed E-state index contributed by atoms with van der Waals surface area (Å²) in [6.45, 7) is 2.37. The average molecular weight is 270 g/mol. The maximum Gasteiger partial charge on any atom is 0.256 e. The number of nitrogens with two attached hydrogens (primary N) is 1. The molecule has 1 amide bonds. The second-order valence-corrected chi connectivity index (χ2v) is 5.14. The van der Waals surface area contributed by atoms with Crippen molar-refractivity contribution in [1.82, 2.24) is 4.90 Å². The molecule has 1 aliphatic heterocycles. The zero-order valence-electron chi connectivity index (χ0n) is 10.6. The standard InChI is InChI=1S/C13H16F2N2O2/c1-13(19)2-4-17(5-3-13)12(18)8-6-11(16)10(15)7-9(8)14/h6-7,19H,2-5,16H2,1H3. The van der Waals surface area contributed by atoms with Gasteiger partial charge in [0.05, 0.1) is 16.9 Å². The van der Waals surface area contributed by atoms with Crippen molar-refractivity contribution in [2.75, 3.05) is 18.8 Å². The normalized spacial score (nSPS) is 18.4. The molecule has 1 saturated heterocycles. The zero-order chi connectivity index (χ0) is 14.2. The molecule has 3 N–H and O–H groups in total. The number of anilines is 1. The topological polar surface area (TPSA) is 66.6 Å². The van der Waals surface area contributed by atoms with Crippen LogP contribution in [-0.2, 0) is 0 Å². The zero-order valence-corrected chi connectivity index (χ0v) is 10.6. The molecule has 1 aromatic rings. The van der Waals surface area contributed by atoms with Gasteiger partial charge in [-0.25, -0.2) is 8.78 Å². The van der Waals surface area contributed by atoms with E-state index >= 15 is 0 Å². The van der Waals surface area contributed by atoms with Gasteiger partial charge in [0.25, 0.3) is 5.91 Å². The van der Waals surface area contributed by atoms with E-state index in [1.54, 1.807) is 6.92 Å². The Kier molecular flexibility index (Phi) is 3.45. The number of nitrogens with zero attached hydrogens (tertiary/aromatic N) is 1. The predicted molar refractivity (Wildman–Crippen MR) is 66.5 cm³/mol. The molecule has 0 spiro atoms. The third-order valence-electron chi connectivity index (χ3n) is 3.44. The summed E-state index contributed by atoms with van der Waals surface area (Å²) in [6, 6.07) is 1.63. The molecule has 104 valence electrons. The number of halogens is 2. The Morgan fingerprint density at radius 3 is 2.47 bits per heavy atom. The van der Waals surface area contributed by atoms with Gasteiger partial charge in [-0.1, -0.05) is 0 Å². The molecule has 2 rings (SSSR count). The van der Waals surface area contributed by atoms with Crippen LogP contribution in [0.5, 0.6) is 0 Å². The fraction of sp³-hybridized carbons (Fsp3) is 0.462. The first-order chi connectivity index (χ1) is 8.80. The lowest BCUT2D eigenvalue weighted by atomic mass is 9.93. The van der Waals surface area contributed by atoms with E-state index in [0.717, 1.165) is 6.07 Å². The lowest BCUT2D eigenvalue weighted by Crippen LogP contribution is -2.45. The second kappa shape index (κ2) is 4.77. The van der Waals surface area contributed by atoms with Gasteiger partial charge < -0.3 is 15.7 Å². The maximum atomic E-state index is 13.6. The van der Waals surface area contributed by atoms with Gasteiger partial charge in [0, 0.05) is 19.2 Å². The quantitative estimate of drug-likeness (QED) is 0.761. The Balaban J connectivity index is 2.19. The Bertz CT molecular complexity index is 508. The fourth-order valence-electron chi connectivity index (χ4n) is 2.09. The molecule has 0 aromatic heterocycles. The van der Waals surface area contributed by atoms with Crippen molar-refractivity contribution in [3.63, 3.8) is 0 Å². The average Bonchev–Trinajstić information content (AvgIpc) is 2.33. The SMILES string of the molecule is CC1(O)CCN(C(=O)c2cc(N)c(F)cc2F)CC1. The molecule has 0 atom stereocenters. The van der Waals surface area contributed by atoms with E-state index in [1.165, 1.54) is 4.90 Å². The van der Waals surface area contributed by atoms with Gasteiger partial charge in [0.2, 0.25) is 0 Å². The van der Waals surface area contributed by atoms with E-state index in [1.807, 2.05) is 0 Å². The Labute approximate surface area is 109 Å². The van der Waals surface area contributed by atoms with Crippen molar-refractivity contribution in [1.29, 1.82) is 0 Å². The molecule has 0 unspecified atom stereocenters. The van der Waals surface area contributed by atoms with Crippen LogP contribution in [0.1, 0.15) is 30.1 Å². The van der Waals surface area contributed by atoms with Gasteiger partial charge >= 0.3 is 0 Å². The first-order valence-corrected chi connectivity index (χ1v) is 6.06. The van der Waals surface area contributed by atoms with Crippen LogP contribution < -0.4 is 5.73 Å². The highest BCUT2D eigenvalue weighted by atomic mass is 19.1. The first kappa shape index (κ1) is 13.7. The van der Waals surface area contributed by atoms with E-state index in [9.17, 15) is 18.7 Å². The van der Waals surface area contributed by atoms with Crippen LogP contribution in [0, 0.1) is 11.6 Å². The van der Waals surface area contributed by atoms with E-state index < -0.39 is 23.1 Å². The van der Waals surface area contributed by atoms with E-state index in [-0.39, 0.29) is 11.3 Å². The highest BCUT2D eigenvalue weighted by Gasteiger charge is 2.31. The minimum atomic E-state index is -0.922. The van der Waals surface area contributed by atoms with E-state index in [2.05, 4.69) is 0 Å². The summed E-state index contributed by atoms with van der Waals surface area (Å²) in [6.07, 6.45) is 0.855. The van der Waals surface area contributed by atoms with E-state index in [0.29, 0.717) is 32.0 Å². The minimum Gasteiger partial charge on any atom is -0.396 e. The molecule has 1 heterocycles. The molecule has 0 saturated carbocycles. The summed E-state index contributed by atoms with van der Waals surface area (Å²) >= 11 is 0. The van der Waals surface area contributed by atoms with Crippen LogP contribution in [0.2, 0.25) is 0 Å². The number of nitrogen functional groups attached to an aromatic ring is 1. The van der Waals surface area contributed by atoms with Crippen LogP contribution in [-0.4, -0.2) is 34.6 Å². The van der Waals surface area contributed by atoms with Gasteiger partial charge in [-0.2, -0.15) is 0 Å². The van der Waals surface area contributed by atoms with Gasteiger partial charge in [0.1, 0.15) is 11.6 Å². The molecule has 0 radical (unpaired) electrons. The van der Waals surface area contributed by atoms with Crippen molar-refractivity contribution < 1.29 is 18.7 Å². The largest absolute Gasteiger partial charge is 0.396 e. The molecule has 1 aliphatic rings. The molecular formula is C13H16F2N2O2. The highest BCUT2D eigenvalue weighted by Crippen LogP contribution is 2.24. The van der Waals surface area contributed by atoms with Gasteiger partial charge in [-0.3, -0.25) is 4.79 Å². The van der Waals surface area contributed by atoms with Crippen molar-refractivity contribution in [3.05, 3.63) is 29.3 Å². The van der Waals surface area contributed by atoms with Crippen LogP contribution >= 0.6 is 0 Å². The molecular weight excluding hydrogens is 254 g/mol. The monoisotopic (exact) mass is 270 g/mol. The number of hydrogen-bond donors (Lipinski definition) is 2. The van der Waals surface area contributed by atoms with Crippen molar-refractivity contribution in [2.24, 2.45) is 0 Å². The predicted octanol–water partition coefficient (Wildman–Crippen LogP) is 1.53. The number of aliphatic hydroxyl groups is 1. The third kappa shape index (κ3) is 2.84. The minimum absolute atomic E-state index is 0.236. The van der Waals surface area contributed by atoms with Gasteiger partial charge in [0.15, 0.2) is 0 Å². The lowest BCUT2D eigenvalue weighted by Gasteiger charge is -2.35. The molecule has 0 bridgehead atoms. The molecule has 19 heavy (non-hydrogen) atoms. The Morgan fingerprint density at radius 2 is 1.89 bits per heavy atom. The highest BCUT2D eigenvalue weighted by molar-refractivity contribution is 5.95. The number of benzene rings is 1. The summed E-state index contributed by atoms with van der Waals surface area (Å²) in [5.74, 6) is -2.33. The van der Waals surface area contributed by atoms with Gasteiger partial charge in [-0.05, 0) is 25.8 Å². The smallest absolute Gasteiger partial charge is 0.256 e. The second-order valence-electron chi connectivity index (χ2n) is 5.14. The molecule has 6 heteroatoms. The van der Waals surface area contributed by atoms with Crippen LogP contribution in [0.4, 0.5) is 14.5 Å². The summed E-state index contributed by atoms with van der Waals surface area (Å²) < 4.78 is 26.6. The lowest BCUT2D eigenvalue weighted by molar-refractivity contribution is -0.00213. The summed E-state index contributed by atoms with van der Waals surface area (Å²) in [4.78, 5) is 13.6. The summed E-state index contributed by atoms with van der Waals surface area (Å²) in [5.41, 5.74) is 4.06. The number of amides is 1. The molecule has 1 aromatic carbocycles. The number of hydrogen-bond acceptors (Lipinski definition) is 3. The van der Waals surface area contributed by atoms with Crippen LogP contribution in [0.3, 0.4) is 0 Å². The van der Waals surface area contributed by atoms with Crippen LogP contribution in [0.25, 0.3) is 0 Å². The molecule has 1 fully saturated rings. The van der Waals surface area contributed by atoms with Crippen LogP contribution in [0.15, 0.2) is 12.1 Å². The maximum absolute atomic E-state index is 13.6. The van der Waals surface area contributed by atoms with Crippen molar-refractivity contribution >= 4 is 11.6 Å². The van der Waals surface area contributed by atoms with Crippen molar-refractivity contribution in [3.8, 4) is 0 Å². The Morgan fingerprint density at radius 1 is 1.32 bits per heavy atom. The molecule has 4 nitrogen and oxygen atoms in total. The van der Waals surface area contributed by atoms with E-state index in [4.69, 9.17) is 5.73 Å². The summed E-state index contributed by atoms with van der Waals surface area (Å²) in [7, 11) is 0. The number of likely N-dealkylation sites (tertiary alicyclic amines) is 1.